The Bertz CT molecular complexity index is 859. The predicted molar refractivity (Wildman–Crippen MR) is 122 cm³/mol. The number of hydrogen-bond donors (Lipinski definition) is 1. The Morgan fingerprint density at radius 3 is 2.48 bits per heavy atom. The van der Waals surface area contributed by atoms with Crippen LogP contribution in [-0.4, -0.2) is 34.7 Å². The van der Waals surface area contributed by atoms with Gasteiger partial charge in [0.15, 0.2) is 0 Å². The first-order valence-electron chi connectivity index (χ1n) is 9.91. The lowest BCUT2D eigenvalue weighted by Crippen LogP contribution is -2.09. The molecular formula is C22H32ClFN4S. The van der Waals surface area contributed by atoms with Gasteiger partial charge in [-0.1, -0.05) is 45.4 Å². The molecule has 0 aliphatic heterocycles. The number of rotatable bonds is 9. The zero-order chi connectivity index (χ0) is 21.7. The van der Waals surface area contributed by atoms with E-state index < -0.39 is 0 Å². The topological polar surface area (TPSA) is 47.1 Å². The van der Waals surface area contributed by atoms with Crippen molar-refractivity contribution in [3.8, 4) is 0 Å². The minimum Gasteiger partial charge on any atom is -0.327 e. The smallest absolute Gasteiger partial charge is 0.119 e. The summed E-state index contributed by atoms with van der Waals surface area (Å²) in [4.78, 5) is 1.03. The van der Waals surface area contributed by atoms with Crippen LogP contribution < -0.4 is 5.73 Å². The van der Waals surface area contributed by atoms with Gasteiger partial charge in [0.05, 0.1) is 17.3 Å². The van der Waals surface area contributed by atoms with Gasteiger partial charge in [0.2, 0.25) is 0 Å². The molecule has 0 fully saturated rings. The maximum atomic E-state index is 14.2. The fourth-order valence-electron chi connectivity index (χ4n) is 3.41. The van der Waals surface area contributed by atoms with Gasteiger partial charge in [-0.2, -0.15) is 5.10 Å². The van der Waals surface area contributed by atoms with Crippen LogP contribution >= 0.6 is 23.5 Å². The Labute approximate surface area is 183 Å². The average Bonchev–Trinajstić information content (AvgIpc) is 2.95. The van der Waals surface area contributed by atoms with E-state index in [1.807, 2.05) is 24.5 Å². The number of halogens is 2. The third-order valence-corrected chi connectivity index (χ3v) is 5.86. The molecular weight excluding hydrogens is 407 g/mol. The van der Waals surface area contributed by atoms with Crippen molar-refractivity contribution < 1.29 is 4.39 Å². The van der Waals surface area contributed by atoms with Gasteiger partial charge < -0.3 is 5.73 Å². The lowest BCUT2D eigenvalue weighted by atomic mass is 9.94. The monoisotopic (exact) mass is 438 g/mol. The van der Waals surface area contributed by atoms with E-state index >= 15 is 0 Å². The first-order valence-corrected chi connectivity index (χ1v) is 11.1. The molecule has 0 saturated carbocycles. The van der Waals surface area contributed by atoms with E-state index in [1.54, 1.807) is 16.6 Å². The maximum absolute atomic E-state index is 14.2. The van der Waals surface area contributed by atoms with Crippen LogP contribution in [0.25, 0.3) is 0 Å². The van der Waals surface area contributed by atoms with Crippen LogP contribution in [0.5, 0.6) is 0 Å². The Kier molecular flexibility index (Phi) is 8.76. The molecule has 0 atom stereocenters. The summed E-state index contributed by atoms with van der Waals surface area (Å²) in [5.74, 6) is 0.200. The maximum Gasteiger partial charge on any atom is 0.119 e. The minimum atomic E-state index is -0.258. The largest absolute Gasteiger partial charge is 0.327 e. The molecule has 2 rings (SSSR count). The molecule has 1 aromatic heterocycles. The Morgan fingerprint density at radius 1 is 1.28 bits per heavy atom. The molecule has 7 heteroatoms. The number of nitrogens with zero attached hydrogens (tertiary/aromatic N) is 3. The van der Waals surface area contributed by atoms with Gasteiger partial charge in [0.25, 0.3) is 0 Å². The van der Waals surface area contributed by atoms with Crippen molar-refractivity contribution in [2.45, 2.75) is 57.4 Å². The normalized spacial score (nSPS) is 12.6. The van der Waals surface area contributed by atoms with Crippen LogP contribution in [0.1, 0.15) is 62.0 Å². The van der Waals surface area contributed by atoms with Crippen molar-refractivity contribution in [1.82, 2.24) is 14.1 Å². The van der Waals surface area contributed by atoms with Gasteiger partial charge in [-0.15, -0.1) is 0 Å². The molecule has 0 aliphatic rings. The van der Waals surface area contributed by atoms with E-state index in [1.165, 1.54) is 11.6 Å². The molecule has 160 valence electrons. The summed E-state index contributed by atoms with van der Waals surface area (Å²) in [6.07, 6.45) is 2.12. The standard InChI is InChI=1S/C22H32ClFN4S/c1-14(2)21-18(11-16-7-8-20(19(23)12-16)29-27(5)6)22(15(3)4)28(26-21)13-17(24)9-10-25/h7-9,12,14-15H,10-11,13,25H2,1-6H3/b17-9-. The molecule has 29 heavy (non-hydrogen) atoms. The molecule has 2 N–H and O–H groups in total. The fourth-order valence-corrected chi connectivity index (χ4v) is 4.38. The number of nitrogens with two attached hydrogens (primary N) is 1. The zero-order valence-corrected chi connectivity index (χ0v) is 19.7. The quantitative estimate of drug-likeness (QED) is 0.506. The van der Waals surface area contributed by atoms with E-state index in [-0.39, 0.29) is 30.8 Å². The number of benzene rings is 1. The van der Waals surface area contributed by atoms with Crippen molar-refractivity contribution in [3.63, 3.8) is 0 Å². The first-order chi connectivity index (χ1) is 13.6. The number of allylic oxidation sites excluding steroid dienone is 1. The van der Waals surface area contributed by atoms with E-state index in [4.69, 9.17) is 22.4 Å². The van der Waals surface area contributed by atoms with Crippen LogP contribution in [0, 0.1) is 0 Å². The van der Waals surface area contributed by atoms with Gasteiger partial charge in [0, 0.05) is 29.1 Å². The second kappa shape index (κ2) is 10.6. The summed E-state index contributed by atoms with van der Waals surface area (Å²) in [5, 5.41) is 5.52. The Balaban J connectivity index is 2.46. The highest BCUT2D eigenvalue weighted by atomic mass is 35.5. The van der Waals surface area contributed by atoms with Crippen molar-refractivity contribution in [2.24, 2.45) is 5.73 Å². The van der Waals surface area contributed by atoms with E-state index in [0.29, 0.717) is 0 Å². The third kappa shape index (κ3) is 6.32. The van der Waals surface area contributed by atoms with Crippen molar-refractivity contribution in [2.75, 3.05) is 20.6 Å². The molecule has 4 nitrogen and oxygen atoms in total. The first kappa shape index (κ1) is 23.9. The number of hydrogen-bond acceptors (Lipinski definition) is 4. The van der Waals surface area contributed by atoms with Gasteiger partial charge in [0.1, 0.15) is 5.83 Å². The highest BCUT2D eigenvalue weighted by Gasteiger charge is 2.23. The highest BCUT2D eigenvalue weighted by Crippen LogP contribution is 2.33. The highest BCUT2D eigenvalue weighted by molar-refractivity contribution is 7.97. The van der Waals surface area contributed by atoms with Crippen molar-refractivity contribution in [3.05, 3.63) is 57.6 Å². The van der Waals surface area contributed by atoms with Gasteiger partial charge >= 0.3 is 0 Å². The molecule has 0 aliphatic carbocycles. The van der Waals surface area contributed by atoms with Crippen LogP contribution in [-0.2, 0) is 13.0 Å². The summed E-state index contributed by atoms with van der Waals surface area (Å²) >= 11 is 8.11. The van der Waals surface area contributed by atoms with Crippen LogP contribution in [0.3, 0.4) is 0 Å². The van der Waals surface area contributed by atoms with Crippen LogP contribution in [0.4, 0.5) is 4.39 Å². The second-order valence-corrected chi connectivity index (χ2v) is 9.71. The second-order valence-electron chi connectivity index (χ2n) is 7.95. The molecule has 0 radical (unpaired) electrons. The van der Waals surface area contributed by atoms with E-state index in [0.717, 1.165) is 33.3 Å². The summed E-state index contributed by atoms with van der Waals surface area (Å²) in [6, 6.07) is 6.19. The molecule has 0 spiro atoms. The summed E-state index contributed by atoms with van der Waals surface area (Å²) in [6.45, 7) is 8.78. The van der Waals surface area contributed by atoms with Gasteiger partial charge in [-0.05, 0) is 61.7 Å². The zero-order valence-electron chi connectivity index (χ0n) is 18.2. The lowest BCUT2D eigenvalue weighted by Gasteiger charge is -2.14. The van der Waals surface area contributed by atoms with Crippen molar-refractivity contribution >= 4 is 23.5 Å². The van der Waals surface area contributed by atoms with E-state index in [2.05, 4.69) is 39.8 Å². The molecule has 1 heterocycles. The molecule has 0 bridgehead atoms. The molecule has 2 aromatic rings. The van der Waals surface area contributed by atoms with Crippen LogP contribution in [0.15, 0.2) is 35.0 Å². The Hall–Kier alpha value is -1.34. The predicted octanol–water partition coefficient (Wildman–Crippen LogP) is 5.75. The fraction of sp³-hybridized carbons (Fsp3) is 0.500. The van der Waals surface area contributed by atoms with Gasteiger partial charge in [-0.25, -0.2) is 4.39 Å². The SMILES string of the molecule is CC(C)c1nn(C/C(F)=C/CN)c(C(C)C)c1Cc1ccc(SN(C)C)c(Cl)c1. The molecule has 0 saturated heterocycles. The summed E-state index contributed by atoms with van der Waals surface area (Å²) in [5.41, 5.74) is 9.83. The minimum absolute atomic E-state index is 0.115. The summed E-state index contributed by atoms with van der Waals surface area (Å²) in [7, 11) is 3.98. The number of aromatic nitrogens is 2. The van der Waals surface area contributed by atoms with Crippen LogP contribution in [0.2, 0.25) is 5.02 Å². The average molecular weight is 439 g/mol. The summed E-state index contributed by atoms with van der Waals surface area (Å²) < 4.78 is 18.0. The molecule has 1 aromatic carbocycles. The third-order valence-electron chi connectivity index (χ3n) is 4.52. The van der Waals surface area contributed by atoms with Crippen molar-refractivity contribution in [1.29, 1.82) is 0 Å². The Morgan fingerprint density at radius 2 is 1.97 bits per heavy atom. The lowest BCUT2D eigenvalue weighted by molar-refractivity contribution is 0.502. The van der Waals surface area contributed by atoms with Gasteiger partial charge in [-0.3, -0.25) is 8.99 Å². The molecule has 0 amide bonds. The van der Waals surface area contributed by atoms with E-state index in [9.17, 15) is 4.39 Å². The molecule has 0 unspecified atom stereocenters.